The van der Waals surface area contributed by atoms with Gasteiger partial charge >= 0.3 is 0 Å². The Morgan fingerprint density at radius 2 is 0.647 bits per heavy atom. The molecule has 0 spiro atoms. The number of nitrogens with one attached hydrogen (secondary N) is 1. The van der Waals surface area contributed by atoms with E-state index in [4.69, 9.17) is 0 Å². The van der Waals surface area contributed by atoms with E-state index in [2.05, 4.69) is 79.9 Å². The normalized spacial score (nSPS) is 13.2. The van der Waals surface area contributed by atoms with Gasteiger partial charge < -0.3 is 15.5 Å². The number of hydrogen-bond donors (Lipinski definition) is 3. The summed E-state index contributed by atoms with van der Waals surface area (Å²) in [5.74, 6) is -0.0266. The second-order valence-corrected chi connectivity index (χ2v) is 20.7. The molecule has 0 saturated heterocycles. The molecule has 0 aromatic rings. The number of carbonyl (C=O) groups is 1. The molecule has 0 rings (SSSR count). The minimum absolute atomic E-state index is 0.0266. The minimum Gasteiger partial charge on any atom is -0.394 e. The van der Waals surface area contributed by atoms with Gasteiger partial charge in [-0.2, -0.15) is 0 Å². The Bertz CT molecular complexity index is 1120. The zero-order valence-corrected chi connectivity index (χ0v) is 45.9. The molecule has 0 aromatic carbocycles. The highest BCUT2D eigenvalue weighted by molar-refractivity contribution is 5.76. The summed E-state index contributed by atoms with van der Waals surface area (Å²) in [5, 5.41) is 23.4. The van der Waals surface area contributed by atoms with Gasteiger partial charge in [0.2, 0.25) is 5.91 Å². The molecule has 0 aromatic heterocycles. The third-order valence-corrected chi connectivity index (χ3v) is 14.0. The van der Waals surface area contributed by atoms with Crippen molar-refractivity contribution in [2.45, 2.75) is 334 Å². The molecule has 0 bridgehead atoms. The topological polar surface area (TPSA) is 69.6 Å². The molecule has 4 nitrogen and oxygen atoms in total. The number of unbranched alkanes of at least 4 members (excludes halogenated alkanes) is 39. The molecule has 0 aliphatic heterocycles. The van der Waals surface area contributed by atoms with Gasteiger partial charge in [-0.25, -0.2) is 0 Å². The lowest BCUT2D eigenvalue weighted by atomic mass is 10.0. The van der Waals surface area contributed by atoms with Crippen molar-refractivity contribution in [3.8, 4) is 0 Å². The van der Waals surface area contributed by atoms with Gasteiger partial charge in [0.1, 0.15) is 0 Å². The summed E-state index contributed by atoms with van der Waals surface area (Å²) < 4.78 is 0. The highest BCUT2D eigenvalue weighted by Crippen LogP contribution is 2.18. The third-order valence-electron chi connectivity index (χ3n) is 14.0. The lowest BCUT2D eigenvalue weighted by molar-refractivity contribution is -0.123. The third kappa shape index (κ3) is 55.0. The van der Waals surface area contributed by atoms with E-state index >= 15 is 0 Å². The molecular formula is C64H119NO3. The highest BCUT2D eigenvalue weighted by atomic mass is 16.3. The van der Waals surface area contributed by atoms with E-state index in [1.165, 1.54) is 238 Å². The molecule has 0 radical (unpaired) electrons. The molecule has 1 amide bonds. The summed E-state index contributed by atoms with van der Waals surface area (Å²) >= 11 is 0. The van der Waals surface area contributed by atoms with Gasteiger partial charge in [-0.1, -0.05) is 319 Å². The predicted octanol–water partition coefficient (Wildman–Crippen LogP) is 20.4. The maximum Gasteiger partial charge on any atom is 0.220 e. The van der Waals surface area contributed by atoms with E-state index in [1.54, 1.807) is 0 Å². The summed E-state index contributed by atoms with van der Waals surface area (Å²) in [6.07, 6.45) is 83.7. The number of aliphatic hydroxyl groups excluding tert-OH is 2. The van der Waals surface area contributed by atoms with Crippen LogP contribution in [-0.2, 0) is 4.79 Å². The second-order valence-electron chi connectivity index (χ2n) is 20.7. The Morgan fingerprint density at radius 1 is 0.368 bits per heavy atom. The molecule has 0 aliphatic carbocycles. The summed E-state index contributed by atoms with van der Waals surface area (Å²) in [7, 11) is 0. The molecule has 0 saturated carbocycles. The van der Waals surface area contributed by atoms with Crippen molar-refractivity contribution in [2.24, 2.45) is 0 Å². The SMILES string of the molecule is CC/C=C\C/C=C\C/C=C\C/C=C\C/C=C\CCCCCCCCCCCCCCCCCCCCCC(=O)NC(CO)C(O)CCCCCCCCCCCCCCCCCCCCCCC. The summed E-state index contributed by atoms with van der Waals surface area (Å²) in [6, 6.07) is -0.537. The molecule has 398 valence electrons. The largest absolute Gasteiger partial charge is 0.394 e. The van der Waals surface area contributed by atoms with Crippen LogP contribution in [-0.4, -0.2) is 34.9 Å². The van der Waals surface area contributed by atoms with Crippen molar-refractivity contribution in [1.82, 2.24) is 5.32 Å². The van der Waals surface area contributed by atoms with Gasteiger partial charge in [0.25, 0.3) is 0 Å². The van der Waals surface area contributed by atoms with E-state index in [0.717, 1.165) is 57.8 Å². The van der Waals surface area contributed by atoms with Crippen LogP contribution in [0.2, 0.25) is 0 Å². The van der Waals surface area contributed by atoms with Crippen molar-refractivity contribution < 1.29 is 15.0 Å². The van der Waals surface area contributed by atoms with E-state index < -0.39 is 12.1 Å². The summed E-state index contributed by atoms with van der Waals surface area (Å²) in [5.41, 5.74) is 0. The van der Waals surface area contributed by atoms with Gasteiger partial charge in [-0.3, -0.25) is 4.79 Å². The van der Waals surface area contributed by atoms with E-state index in [1.807, 2.05) is 0 Å². The first-order valence-corrected chi connectivity index (χ1v) is 30.5. The van der Waals surface area contributed by atoms with Crippen molar-refractivity contribution in [1.29, 1.82) is 0 Å². The van der Waals surface area contributed by atoms with Crippen LogP contribution in [0.25, 0.3) is 0 Å². The van der Waals surface area contributed by atoms with Gasteiger partial charge in [0, 0.05) is 6.42 Å². The number of amides is 1. The van der Waals surface area contributed by atoms with Crippen LogP contribution in [0.5, 0.6) is 0 Å². The lowest BCUT2D eigenvalue weighted by Gasteiger charge is -2.22. The fourth-order valence-corrected chi connectivity index (χ4v) is 9.45. The van der Waals surface area contributed by atoms with Crippen LogP contribution in [0.3, 0.4) is 0 Å². The quantitative estimate of drug-likeness (QED) is 0.0420. The number of allylic oxidation sites excluding steroid dienone is 10. The van der Waals surface area contributed by atoms with Crippen LogP contribution in [0.4, 0.5) is 0 Å². The first-order valence-electron chi connectivity index (χ1n) is 30.5. The lowest BCUT2D eigenvalue weighted by Crippen LogP contribution is -2.45. The molecule has 3 N–H and O–H groups in total. The second kappa shape index (κ2) is 59.4. The van der Waals surface area contributed by atoms with E-state index in [0.29, 0.717) is 12.8 Å². The van der Waals surface area contributed by atoms with Crippen molar-refractivity contribution >= 4 is 5.91 Å². The Labute approximate surface area is 426 Å². The Morgan fingerprint density at radius 3 is 0.971 bits per heavy atom. The molecule has 2 atom stereocenters. The van der Waals surface area contributed by atoms with Crippen molar-refractivity contribution in [3.63, 3.8) is 0 Å². The maximum absolute atomic E-state index is 12.5. The number of carbonyl (C=O) groups excluding carboxylic acids is 1. The Kier molecular flexibility index (Phi) is 57.7. The Balaban J connectivity index is 3.43. The summed E-state index contributed by atoms with van der Waals surface area (Å²) in [6.45, 7) is 4.27. The maximum atomic E-state index is 12.5. The fourth-order valence-electron chi connectivity index (χ4n) is 9.45. The minimum atomic E-state index is -0.660. The Hall–Kier alpha value is -1.91. The first kappa shape index (κ1) is 66.1. The average Bonchev–Trinajstić information content (AvgIpc) is 3.34. The molecule has 4 heteroatoms. The average molecular weight is 951 g/mol. The molecule has 0 aliphatic rings. The number of hydrogen-bond acceptors (Lipinski definition) is 3. The molecule has 68 heavy (non-hydrogen) atoms. The molecular weight excluding hydrogens is 831 g/mol. The van der Waals surface area contributed by atoms with Gasteiger partial charge in [0.05, 0.1) is 18.8 Å². The standard InChI is InChI=1S/C64H119NO3/c1-3-5-7-9-11-13-15-17-19-21-23-25-26-27-28-29-30-31-32-33-34-35-36-37-38-40-42-44-46-48-50-52-54-56-58-60-64(68)65-62(61-66)63(67)59-57-55-53-51-49-47-45-43-41-39-24-22-20-18-16-14-12-10-8-6-4-2/h5,7,11,13,17,19,23,25,27-28,62-63,66-67H,3-4,6,8-10,12,14-16,18,20-22,24,26,29-61H2,1-2H3,(H,65,68)/b7-5-,13-11-,19-17-,25-23-,28-27-. The van der Waals surface area contributed by atoms with Crippen LogP contribution in [0, 0.1) is 0 Å². The zero-order valence-electron chi connectivity index (χ0n) is 45.9. The molecule has 0 heterocycles. The number of rotatable bonds is 56. The smallest absolute Gasteiger partial charge is 0.220 e. The van der Waals surface area contributed by atoms with Crippen LogP contribution in [0.15, 0.2) is 60.8 Å². The monoisotopic (exact) mass is 950 g/mol. The fraction of sp³-hybridized carbons (Fsp3) is 0.828. The predicted molar refractivity (Wildman–Crippen MR) is 304 cm³/mol. The van der Waals surface area contributed by atoms with Gasteiger partial charge in [0.15, 0.2) is 0 Å². The van der Waals surface area contributed by atoms with Crippen LogP contribution >= 0.6 is 0 Å². The van der Waals surface area contributed by atoms with E-state index in [-0.39, 0.29) is 12.5 Å². The van der Waals surface area contributed by atoms with Crippen LogP contribution in [0.1, 0.15) is 322 Å². The van der Waals surface area contributed by atoms with Crippen molar-refractivity contribution in [3.05, 3.63) is 60.8 Å². The van der Waals surface area contributed by atoms with E-state index in [9.17, 15) is 15.0 Å². The van der Waals surface area contributed by atoms with Gasteiger partial charge in [-0.15, -0.1) is 0 Å². The molecule has 2 unspecified atom stereocenters. The van der Waals surface area contributed by atoms with Crippen LogP contribution < -0.4 is 5.32 Å². The van der Waals surface area contributed by atoms with Gasteiger partial charge in [-0.05, 0) is 57.8 Å². The first-order chi connectivity index (χ1) is 33.7. The van der Waals surface area contributed by atoms with Crippen molar-refractivity contribution in [2.75, 3.05) is 6.61 Å². The zero-order chi connectivity index (χ0) is 49.2. The number of aliphatic hydroxyl groups is 2. The molecule has 0 fully saturated rings. The summed E-state index contributed by atoms with van der Waals surface area (Å²) in [4.78, 5) is 12.5. The highest BCUT2D eigenvalue weighted by Gasteiger charge is 2.20.